The molecule has 50 heavy (non-hydrogen) atoms. The topological polar surface area (TPSA) is 16.4 Å². The van der Waals surface area contributed by atoms with Crippen LogP contribution >= 0.6 is 0 Å². The van der Waals surface area contributed by atoms with E-state index in [1.165, 1.54) is 33.4 Å². The molecule has 0 spiro atoms. The predicted octanol–water partition coefficient (Wildman–Crippen LogP) is 13.7. The Hall–Kier alpha value is -6.64. The summed E-state index contributed by atoms with van der Waals surface area (Å²) in [5.74, 6) is 0. The van der Waals surface area contributed by atoms with Crippen molar-refractivity contribution >= 4 is 39.0 Å². The van der Waals surface area contributed by atoms with Crippen molar-refractivity contribution in [3.05, 3.63) is 200 Å². The van der Waals surface area contributed by atoms with Crippen molar-refractivity contribution in [1.82, 2.24) is 0 Å². The molecule has 0 aliphatic rings. The average Bonchev–Trinajstić information content (AvgIpc) is 3.59. The lowest BCUT2D eigenvalue weighted by Crippen LogP contribution is -2.11. The van der Waals surface area contributed by atoms with Gasteiger partial charge < -0.3 is 9.32 Å². The second-order valence-electron chi connectivity index (χ2n) is 12.5. The van der Waals surface area contributed by atoms with Gasteiger partial charge in [-0.25, -0.2) is 0 Å². The summed E-state index contributed by atoms with van der Waals surface area (Å²) in [4.78, 5) is 2.38. The second kappa shape index (κ2) is 12.8. The third kappa shape index (κ3) is 5.24. The summed E-state index contributed by atoms with van der Waals surface area (Å²) in [7, 11) is 0. The minimum Gasteiger partial charge on any atom is -0.456 e. The van der Waals surface area contributed by atoms with Crippen LogP contribution in [0.1, 0.15) is 0 Å². The van der Waals surface area contributed by atoms with Gasteiger partial charge in [0.15, 0.2) is 0 Å². The molecule has 8 aromatic carbocycles. The first-order chi connectivity index (χ1) is 24.8. The Bertz CT molecular complexity index is 2590. The highest BCUT2D eigenvalue weighted by atomic mass is 16.3. The number of fused-ring (bicyclic) bond motifs is 3. The Kier molecular flexibility index (Phi) is 7.53. The Labute approximate surface area is 292 Å². The monoisotopic (exact) mass is 639 g/mol. The molecule has 9 aromatic rings. The molecule has 2 heteroatoms. The predicted molar refractivity (Wildman–Crippen MR) is 210 cm³/mol. The first-order valence-electron chi connectivity index (χ1n) is 17.0. The van der Waals surface area contributed by atoms with Gasteiger partial charge in [0.2, 0.25) is 0 Å². The fourth-order valence-corrected chi connectivity index (χ4v) is 7.22. The number of rotatable bonds is 7. The van der Waals surface area contributed by atoms with Crippen LogP contribution in [0.4, 0.5) is 17.1 Å². The molecule has 236 valence electrons. The smallest absolute Gasteiger partial charge is 0.137 e. The van der Waals surface area contributed by atoms with Crippen LogP contribution in [-0.4, -0.2) is 0 Å². The largest absolute Gasteiger partial charge is 0.456 e. The number of para-hydroxylation sites is 3. The van der Waals surface area contributed by atoms with Gasteiger partial charge >= 0.3 is 0 Å². The summed E-state index contributed by atoms with van der Waals surface area (Å²) < 4.78 is 6.38. The van der Waals surface area contributed by atoms with Crippen molar-refractivity contribution in [2.24, 2.45) is 0 Å². The van der Waals surface area contributed by atoms with Crippen LogP contribution in [0.15, 0.2) is 205 Å². The maximum absolute atomic E-state index is 6.38. The van der Waals surface area contributed by atoms with Crippen LogP contribution < -0.4 is 4.90 Å². The Morgan fingerprint density at radius 2 is 0.880 bits per heavy atom. The van der Waals surface area contributed by atoms with Crippen molar-refractivity contribution < 1.29 is 4.42 Å². The Morgan fingerprint density at radius 1 is 0.320 bits per heavy atom. The number of hydrogen-bond acceptors (Lipinski definition) is 2. The van der Waals surface area contributed by atoms with E-state index in [2.05, 4.69) is 193 Å². The molecule has 0 radical (unpaired) electrons. The molecule has 0 atom stereocenters. The Morgan fingerprint density at radius 3 is 1.64 bits per heavy atom. The summed E-state index contributed by atoms with van der Waals surface area (Å²) in [6.45, 7) is 0. The molecule has 0 unspecified atom stereocenters. The minimum atomic E-state index is 0.868. The van der Waals surface area contributed by atoms with Crippen LogP contribution in [0.2, 0.25) is 0 Å². The van der Waals surface area contributed by atoms with Crippen LogP contribution in [0, 0.1) is 0 Å². The zero-order valence-corrected chi connectivity index (χ0v) is 27.4. The summed E-state index contributed by atoms with van der Waals surface area (Å²) in [6, 6.07) is 71.1. The van der Waals surface area contributed by atoms with Crippen LogP contribution in [0.25, 0.3) is 66.4 Å². The molecule has 2 nitrogen and oxygen atoms in total. The fourth-order valence-electron chi connectivity index (χ4n) is 7.22. The molecular weight excluding hydrogens is 607 g/mol. The maximum Gasteiger partial charge on any atom is 0.137 e. The average molecular weight is 640 g/mol. The van der Waals surface area contributed by atoms with E-state index < -0.39 is 0 Å². The number of furan rings is 1. The molecule has 0 amide bonds. The highest BCUT2D eigenvalue weighted by molar-refractivity contribution is 6.14. The highest BCUT2D eigenvalue weighted by Gasteiger charge is 2.23. The van der Waals surface area contributed by atoms with E-state index in [1.54, 1.807) is 0 Å². The molecule has 0 aliphatic heterocycles. The van der Waals surface area contributed by atoms with E-state index in [4.69, 9.17) is 4.42 Å². The van der Waals surface area contributed by atoms with Crippen LogP contribution in [0.5, 0.6) is 0 Å². The maximum atomic E-state index is 6.38. The molecular formula is C48H33NO. The molecule has 0 fully saturated rings. The Balaban J connectivity index is 1.30. The third-order valence-corrected chi connectivity index (χ3v) is 9.50. The number of anilines is 3. The van der Waals surface area contributed by atoms with Gasteiger partial charge in [0.1, 0.15) is 11.2 Å². The molecule has 1 aromatic heterocycles. The van der Waals surface area contributed by atoms with Gasteiger partial charge in [0, 0.05) is 16.6 Å². The van der Waals surface area contributed by atoms with Gasteiger partial charge in [0.25, 0.3) is 0 Å². The van der Waals surface area contributed by atoms with Gasteiger partial charge in [-0.2, -0.15) is 0 Å². The molecule has 0 saturated carbocycles. The zero-order valence-electron chi connectivity index (χ0n) is 27.4. The summed E-state index contributed by atoms with van der Waals surface area (Å²) in [5, 5.41) is 2.19. The van der Waals surface area contributed by atoms with E-state index in [0.29, 0.717) is 0 Å². The van der Waals surface area contributed by atoms with E-state index in [0.717, 1.165) is 50.1 Å². The minimum absolute atomic E-state index is 0.868. The normalized spacial score (nSPS) is 11.2. The highest BCUT2D eigenvalue weighted by Crippen LogP contribution is 2.48. The van der Waals surface area contributed by atoms with Crippen LogP contribution in [-0.2, 0) is 0 Å². The number of benzene rings is 8. The van der Waals surface area contributed by atoms with E-state index in [1.807, 2.05) is 12.1 Å². The molecule has 1 heterocycles. The second-order valence-corrected chi connectivity index (χ2v) is 12.5. The lowest BCUT2D eigenvalue weighted by Gasteiger charge is -2.29. The fraction of sp³-hybridized carbons (Fsp3) is 0. The quantitative estimate of drug-likeness (QED) is 0.173. The molecule has 0 aliphatic carbocycles. The molecule has 0 bridgehead atoms. The van der Waals surface area contributed by atoms with Crippen molar-refractivity contribution in [3.63, 3.8) is 0 Å². The first kappa shape index (κ1) is 29.5. The summed E-state index contributed by atoms with van der Waals surface area (Å²) >= 11 is 0. The first-order valence-corrected chi connectivity index (χ1v) is 17.0. The summed E-state index contributed by atoms with van der Waals surface area (Å²) in [6.07, 6.45) is 0. The van der Waals surface area contributed by atoms with Gasteiger partial charge in [0.05, 0.1) is 16.8 Å². The zero-order chi connectivity index (χ0) is 33.3. The number of nitrogens with zero attached hydrogens (tertiary/aromatic N) is 1. The summed E-state index contributed by atoms with van der Waals surface area (Å²) in [5.41, 5.74) is 14.4. The van der Waals surface area contributed by atoms with Gasteiger partial charge in [-0.3, -0.25) is 0 Å². The molecule has 9 rings (SSSR count). The number of hydrogen-bond donors (Lipinski definition) is 0. The lowest BCUT2D eigenvalue weighted by atomic mass is 9.87. The van der Waals surface area contributed by atoms with Crippen molar-refractivity contribution in [2.75, 3.05) is 4.90 Å². The van der Waals surface area contributed by atoms with E-state index in [-0.39, 0.29) is 0 Å². The van der Waals surface area contributed by atoms with Gasteiger partial charge in [-0.1, -0.05) is 158 Å². The van der Waals surface area contributed by atoms with Gasteiger partial charge in [-0.05, 0) is 81.4 Å². The van der Waals surface area contributed by atoms with Crippen molar-refractivity contribution in [3.8, 4) is 44.5 Å². The van der Waals surface area contributed by atoms with E-state index in [9.17, 15) is 0 Å². The standard InChI is InChI=1S/C48H33NO/c1-4-17-34(18-5-1)36-31-32-38(35-19-6-2-7-20-35)43(33-36)40-24-11-10-23-39(40)41-25-12-14-27-44(41)49(37-21-8-3-9-22-37)45-28-16-30-47-48(45)42-26-13-15-29-46(42)50-47/h1-33H. The van der Waals surface area contributed by atoms with Crippen molar-refractivity contribution in [2.45, 2.75) is 0 Å². The van der Waals surface area contributed by atoms with Crippen LogP contribution in [0.3, 0.4) is 0 Å². The SMILES string of the molecule is c1ccc(-c2ccc(-c3ccccc3)c(-c3ccccc3-c3ccccc3N(c3ccccc3)c3cccc4oc5ccccc5c34)c2)cc1. The lowest BCUT2D eigenvalue weighted by molar-refractivity contribution is 0.669. The molecule has 0 N–H and O–H groups in total. The van der Waals surface area contributed by atoms with Gasteiger partial charge in [-0.15, -0.1) is 0 Å². The van der Waals surface area contributed by atoms with Crippen molar-refractivity contribution in [1.29, 1.82) is 0 Å². The van der Waals surface area contributed by atoms with E-state index >= 15 is 0 Å². The molecule has 0 saturated heterocycles. The third-order valence-electron chi connectivity index (χ3n) is 9.50.